The van der Waals surface area contributed by atoms with E-state index < -0.39 is 0 Å². The number of piperidine rings is 2. The molecule has 0 saturated carbocycles. The van der Waals surface area contributed by atoms with Crippen LogP contribution in [0.1, 0.15) is 25.7 Å². The Morgan fingerprint density at radius 3 is 2.55 bits per heavy atom. The number of amides is 1. The van der Waals surface area contributed by atoms with Crippen LogP contribution in [-0.2, 0) is 9.53 Å². The molecular formula is C21H34N6O2. The van der Waals surface area contributed by atoms with Gasteiger partial charge in [0.15, 0.2) is 0 Å². The first-order chi connectivity index (χ1) is 14.1. The molecule has 3 aliphatic heterocycles. The predicted octanol–water partition coefficient (Wildman–Crippen LogP) is 1.08. The lowest BCUT2D eigenvalue weighted by molar-refractivity contribution is -0.141. The summed E-state index contributed by atoms with van der Waals surface area (Å²) in [7, 11) is 4.01. The maximum absolute atomic E-state index is 12.9. The van der Waals surface area contributed by atoms with Crippen molar-refractivity contribution in [1.82, 2.24) is 19.8 Å². The SMILES string of the molecule is CN(C)c1cc(N2CCC(N3CCC[C@@H](C(=O)N4CCOCC4)C3)CC2)ncn1. The molecule has 1 atom stereocenters. The van der Waals surface area contributed by atoms with E-state index >= 15 is 0 Å². The van der Waals surface area contributed by atoms with E-state index in [-0.39, 0.29) is 5.92 Å². The summed E-state index contributed by atoms with van der Waals surface area (Å²) in [4.78, 5) is 30.7. The van der Waals surface area contributed by atoms with Crippen LogP contribution in [-0.4, -0.2) is 98.3 Å². The predicted molar refractivity (Wildman–Crippen MR) is 113 cm³/mol. The van der Waals surface area contributed by atoms with Crippen molar-refractivity contribution in [3.63, 3.8) is 0 Å². The number of morpholine rings is 1. The highest BCUT2D eigenvalue weighted by molar-refractivity contribution is 5.79. The van der Waals surface area contributed by atoms with Crippen LogP contribution in [0.3, 0.4) is 0 Å². The number of carbonyl (C=O) groups is 1. The van der Waals surface area contributed by atoms with E-state index in [4.69, 9.17) is 4.74 Å². The van der Waals surface area contributed by atoms with Crippen molar-refractivity contribution in [1.29, 1.82) is 0 Å². The van der Waals surface area contributed by atoms with E-state index in [9.17, 15) is 4.79 Å². The molecule has 4 rings (SSSR count). The van der Waals surface area contributed by atoms with Gasteiger partial charge in [-0.05, 0) is 32.2 Å². The van der Waals surface area contributed by atoms with Gasteiger partial charge in [-0.25, -0.2) is 9.97 Å². The van der Waals surface area contributed by atoms with Gasteiger partial charge in [-0.1, -0.05) is 0 Å². The Hall–Kier alpha value is -1.93. The minimum Gasteiger partial charge on any atom is -0.378 e. The number of rotatable bonds is 4. The topological polar surface area (TPSA) is 65.0 Å². The second-order valence-electron chi connectivity index (χ2n) is 8.62. The molecule has 8 heteroatoms. The summed E-state index contributed by atoms with van der Waals surface area (Å²) < 4.78 is 5.40. The first-order valence-electron chi connectivity index (χ1n) is 11.0. The number of aromatic nitrogens is 2. The highest BCUT2D eigenvalue weighted by atomic mass is 16.5. The molecule has 0 radical (unpaired) electrons. The van der Waals surface area contributed by atoms with Gasteiger partial charge in [0, 0.05) is 58.9 Å². The highest BCUT2D eigenvalue weighted by Crippen LogP contribution is 2.27. The summed E-state index contributed by atoms with van der Waals surface area (Å²) in [5, 5.41) is 0. The lowest BCUT2D eigenvalue weighted by atomic mass is 9.92. The molecule has 3 saturated heterocycles. The second kappa shape index (κ2) is 9.26. The Balaban J connectivity index is 1.31. The molecule has 1 amide bonds. The molecule has 4 heterocycles. The van der Waals surface area contributed by atoms with Crippen LogP contribution in [0.15, 0.2) is 12.4 Å². The smallest absolute Gasteiger partial charge is 0.227 e. The van der Waals surface area contributed by atoms with Crippen LogP contribution < -0.4 is 9.80 Å². The quantitative estimate of drug-likeness (QED) is 0.747. The minimum absolute atomic E-state index is 0.157. The number of ether oxygens (including phenoxy) is 1. The normalized spacial score (nSPS) is 24.6. The summed E-state index contributed by atoms with van der Waals surface area (Å²) in [5.74, 6) is 2.45. The highest BCUT2D eigenvalue weighted by Gasteiger charge is 2.34. The number of likely N-dealkylation sites (tertiary alicyclic amines) is 1. The Bertz CT molecular complexity index is 686. The monoisotopic (exact) mass is 402 g/mol. The number of carbonyl (C=O) groups excluding carboxylic acids is 1. The van der Waals surface area contributed by atoms with E-state index in [0.717, 1.165) is 76.6 Å². The van der Waals surface area contributed by atoms with Crippen LogP contribution in [0.2, 0.25) is 0 Å². The molecule has 160 valence electrons. The Kier molecular flexibility index (Phi) is 6.50. The molecule has 0 spiro atoms. The van der Waals surface area contributed by atoms with Crippen LogP contribution in [0.25, 0.3) is 0 Å². The summed E-state index contributed by atoms with van der Waals surface area (Å²) in [6.45, 7) is 6.91. The lowest BCUT2D eigenvalue weighted by Gasteiger charge is -2.43. The zero-order valence-electron chi connectivity index (χ0n) is 17.8. The maximum Gasteiger partial charge on any atom is 0.227 e. The first-order valence-corrected chi connectivity index (χ1v) is 11.0. The average molecular weight is 403 g/mol. The van der Waals surface area contributed by atoms with Crippen molar-refractivity contribution in [2.24, 2.45) is 5.92 Å². The van der Waals surface area contributed by atoms with Crippen molar-refractivity contribution < 1.29 is 9.53 Å². The number of hydrogen-bond donors (Lipinski definition) is 0. The largest absolute Gasteiger partial charge is 0.378 e. The van der Waals surface area contributed by atoms with Crippen LogP contribution >= 0.6 is 0 Å². The third kappa shape index (κ3) is 4.80. The summed E-state index contributed by atoms with van der Waals surface area (Å²) >= 11 is 0. The molecule has 0 aliphatic carbocycles. The summed E-state index contributed by atoms with van der Waals surface area (Å²) in [6, 6.07) is 2.64. The van der Waals surface area contributed by atoms with E-state index in [1.54, 1.807) is 6.33 Å². The molecular weight excluding hydrogens is 368 g/mol. The van der Waals surface area contributed by atoms with Crippen molar-refractivity contribution in [3.05, 3.63) is 12.4 Å². The summed E-state index contributed by atoms with van der Waals surface area (Å²) in [6.07, 6.45) is 6.06. The lowest BCUT2D eigenvalue weighted by Crippen LogP contribution is -2.52. The van der Waals surface area contributed by atoms with Gasteiger partial charge >= 0.3 is 0 Å². The standard InChI is InChI=1S/C21H34N6O2/c1-24(2)19-14-20(23-16-22-19)25-8-5-18(6-9-25)27-7-3-4-17(15-27)21(28)26-10-12-29-13-11-26/h14,16-18H,3-13,15H2,1-2H3/t17-/m1/s1. The molecule has 0 unspecified atom stereocenters. The zero-order chi connectivity index (χ0) is 20.2. The molecule has 1 aromatic rings. The van der Waals surface area contributed by atoms with Gasteiger partial charge in [-0.3, -0.25) is 9.69 Å². The van der Waals surface area contributed by atoms with Gasteiger partial charge in [-0.2, -0.15) is 0 Å². The maximum atomic E-state index is 12.9. The van der Waals surface area contributed by atoms with Gasteiger partial charge in [0.1, 0.15) is 18.0 Å². The molecule has 3 aliphatic rings. The molecule has 0 aromatic carbocycles. The first kappa shape index (κ1) is 20.3. The van der Waals surface area contributed by atoms with Gasteiger partial charge in [0.2, 0.25) is 5.91 Å². The van der Waals surface area contributed by atoms with Gasteiger partial charge < -0.3 is 19.4 Å². The van der Waals surface area contributed by atoms with E-state index in [1.807, 2.05) is 23.9 Å². The molecule has 29 heavy (non-hydrogen) atoms. The third-order valence-corrected chi connectivity index (χ3v) is 6.53. The zero-order valence-corrected chi connectivity index (χ0v) is 17.8. The van der Waals surface area contributed by atoms with Crippen LogP contribution in [0.5, 0.6) is 0 Å². The third-order valence-electron chi connectivity index (χ3n) is 6.53. The van der Waals surface area contributed by atoms with Gasteiger partial charge in [0.05, 0.1) is 19.1 Å². The van der Waals surface area contributed by atoms with Crippen LogP contribution in [0, 0.1) is 5.92 Å². The molecule has 3 fully saturated rings. The number of anilines is 2. The van der Waals surface area contributed by atoms with E-state index in [0.29, 0.717) is 25.2 Å². The van der Waals surface area contributed by atoms with Crippen molar-refractivity contribution in [2.45, 2.75) is 31.7 Å². The fourth-order valence-corrected chi connectivity index (χ4v) is 4.80. The van der Waals surface area contributed by atoms with Crippen molar-refractivity contribution >= 4 is 17.5 Å². The molecule has 0 N–H and O–H groups in total. The average Bonchev–Trinajstić information content (AvgIpc) is 2.79. The van der Waals surface area contributed by atoms with E-state index in [2.05, 4.69) is 25.8 Å². The Morgan fingerprint density at radius 1 is 1.07 bits per heavy atom. The number of hydrogen-bond acceptors (Lipinski definition) is 7. The summed E-state index contributed by atoms with van der Waals surface area (Å²) in [5.41, 5.74) is 0. The van der Waals surface area contributed by atoms with Gasteiger partial charge in [-0.15, -0.1) is 0 Å². The Morgan fingerprint density at radius 2 is 1.83 bits per heavy atom. The fraction of sp³-hybridized carbons (Fsp3) is 0.762. The van der Waals surface area contributed by atoms with Crippen LogP contribution in [0.4, 0.5) is 11.6 Å². The Labute approximate surface area is 173 Å². The van der Waals surface area contributed by atoms with E-state index in [1.165, 1.54) is 0 Å². The second-order valence-corrected chi connectivity index (χ2v) is 8.62. The van der Waals surface area contributed by atoms with Crippen molar-refractivity contribution in [3.8, 4) is 0 Å². The van der Waals surface area contributed by atoms with Gasteiger partial charge in [0.25, 0.3) is 0 Å². The molecule has 8 nitrogen and oxygen atoms in total. The molecule has 0 bridgehead atoms. The number of nitrogens with zero attached hydrogens (tertiary/aromatic N) is 6. The molecule has 1 aromatic heterocycles. The van der Waals surface area contributed by atoms with Crippen molar-refractivity contribution in [2.75, 3.05) is 76.4 Å². The minimum atomic E-state index is 0.157. The fourth-order valence-electron chi connectivity index (χ4n) is 4.80.